The summed E-state index contributed by atoms with van der Waals surface area (Å²) in [5, 5.41) is 0. The van der Waals surface area contributed by atoms with Crippen LogP contribution in [0.1, 0.15) is 6.92 Å². The van der Waals surface area contributed by atoms with E-state index >= 15 is 0 Å². The van der Waals surface area contributed by atoms with Crippen LogP contribution in [0.4, 0.5) is 9.18 Å². The third-order valence-electron chi connectivity index (χ3n) is 0.816. The molecule has 5 heteroatoms. The quantitative estimate of drug-likeness (QED) is 0.354. The summed E-state index contributed by atoms with van der Waals surface area (Å²) in [6.45, 7) is 0.806. The van der Waals surface area contributed by atoms with Gasteiger partial charge in [0.1, 0.15) is 0 Å². The van der Waals surface area contributed by atoms with Crippen LogP contribution in [0.5, 0.6) is 0 Å². The Hall–Kier alpha value is -1.13. The van der Waals surface area contributed by atoms with Crippen molar-refractivity contribution in [2.45, 2.75) is 12.8 Å². The van der Waals surface area contributed by atoms with E-state index in [0.717, 1.165) is 6.92 Å². The molecule has 50 valence electrons. The Morgan fingerprint density at radius 3 is 2.22 bits per heavy atom. The van der Waals surface area contributed by atoms with Gasteiger partial charge in [-0.2, -0.15) is 4.39 Å². The second-order valence-corrected chi connectivity index (χ2v) is 1.66. The van der Waals surface area contributed by atoms with Gasteiger partial charge in [-0.15, -0.1) is 0 Å². The fraction of sp³-hybridized carbons (Fsp3) is 0.500. The molecular formula is C4H3FO4. The highest BCUT2D eigenvalue weighted by atomic mass is 19.2. The number of alkyl halides is 1. The molecule has 0 bridgehead atoms. The van der Waals surface area contributed by atoms with Crippen molar-refractivity contribution in [2.24, 2.45) is 0 Å². The molecule has 4 nitrogen and oxygen atoms in total. The normalized spacial score (nSPS) is 34.0. The van der Waals surface area contributed by atoms with E-state index in [2.05, 4.69) is 9.47 Å². The Labute approximate surface area is 49.5 Å². The van der Waals surface area contributed by atoms with Gasteiger partial charge >= 0.3 is 18.0 Å². The van der Waals surface area contributed by atoms with Gasteiger partial charge in [0.15, 0.2) is 0 Å². The zero-order valence-corrected chi connectivity index (χ0v) is 4.51. The van der Waals surface area contributed by atoms with Crippen molar-refractivity contribution >= 4 is 12.1 Å². The molecule has 0 aromatic heterocycles. The molecule has 1 heterocycles. The molecule has 1 atom stereocenters. The summed E-state index contributed by atoms with van der Waals surface area (Å²) in [5.41, 5.74) is 0. The van der Waals surface area contributed by atoms with E-state index < -0.39 is 18.0 Å². The highest BCUT2D eigenvalue weighted by Crippen LogP contribution is 2.21. The molecule has 0 radical (unpaired) electrons. The first-order chi connectivity index (χ1) is 4.02. The van der Waals surface area contributed by atoms with Crippen molar-refractivity contribution in [1.29, 1.82) is 0 Å². The van der Waals surface area contributed by atoms with Crippen molar-refractivity contribution in [2.75, 3.05) is 0 Å². The molecule has 1 saturated heterocycles. The molecule has 1 aliphatic rings. The van der Waals surface area contributed by atoms with Crippen LogP contribution in [0.25, 0.3) is 0 Å². The number of ether oxygens (including phenoxy) is 2. The first kappa shape index (κ1) is 6.00. The fourth-order valence-corrected chi connectivity index (χ4v) is 0.386. The third kappa shape index (κ3) is 0.847. The fourth-order valence-electron chi connectivity index (χ4n) is 0.386. The first-order valence-corrected chi connectivity index (χ1v) is 2.16. The minimum absolute atomic E-state index is 0.806. The zero-order valence-electron chi connectivity index (χ0n) is 4.51. The average Bonchev–Trinajstić information content (AvgIpc) is 1.79. The van der Waals surface area contributed by atoms with Gasteiger partial charge in [0.25, 0.3) is 0 Å². The molecule has 0 amide bonds. The predicted octanol–water partition coefficient (Wildman–Crippen LogP) is 0.365. The summed E-state index contributed by atoms with van der Waals surface area (Å²) in [6.07, 6.45) is -1.29. The molecule has 0 aromatic rings. The van der Waals surface area contributed by atoms with E-state index in [1.54, 1.807) is 0 Å². The lowest BCUT2D eigenvalue weighted by molar-refractivity contribution is -0.154. The molecule has 1 aliphatic heterocycles. The highest BCUT2D eigenvalue weighted by Gasteiger charge is 2.48. The van der Waals surface area contributed by atoms with Crippen molar-refractivity contribution in [3.63, 3.8) is 0 Å². The van der Waals surface area contributed by atoms with E-state index in [0.29, 0.717) is 0 Å². The number of hydrogen-bond acceptors (Lipinski definition) is 4. The number of carbonyl (C=O) groups excluding carboxylic acids is 2. The van der Waals surface area contributed by atoms with Crippen LogP contribution >= 0.6 is 0 Å². The lowest BCUT2D eigenvalue weighted by Gasteiger charge is -2.02. The summed E-state index contributed by atoms with van der Waals surface area (Å²) < 4.78 is 19.8. The monoisotopic (exact) mass is 134 g/mol. The first-order valence-electron chi connectivity index (χ1n) is 2.16. The number of halogens is 1. The Morgan fingerprint density at radius 2 is 2.11 bits per heavy atom. The maximum absolute atomic E-state index is 12.3. The van der Waals surface area contributed by atoms with Crippen LogP contribution < -0.4 is 0 Å². The minimum Gasteiger partial charge on any atom is -0.385 e. The van der Waals surface area contributed by atoms with Gasteiger partial charge in [0, 0.05) is 6.92 Å². The molecule has 0 aliphatic carbocycles. The zero-order chi connectivity index (χ0) is 7.07. The largest absolute Gasteiger partial charge is 0.519 e. The van der Waals surface area contributed by atoms with Gasteiger partial charge in [-0.25, -0.2) is 9.59 Å². The lowest BCUT2D eigenvalue weighted by atomic mass is 10.4. The van der Waals surface area contributed by atoms with Gasteiger partial charge in [0.2, 0.25) is 0 Å². The maximum atomic E-state index is 12.3. The summed E-state index contributed by atoms with van der Waals surface area (Å²) in [6, 6.07) is 0. The van der Waals surface area contributed by atoms with Gasteiger partial charge in [0.05, 0.1) is 0 Å². The second kappa shape index (κ2) is 1.43. The van der Waals surface area contributed by atoms with Gasteiger partial charge < -0.3 is 9.47 Å². The molecule has 0 aromatic carbocycles. The lowest BCUT2D eigenvalue weighted by Crippen LogP contribution is -2.25. The molecule has 0 spiro atoms. The van der Waals surface area contributed by atoms with Crippen LogP contribution in [0.2, 0.25) is 0 Å². The molecule has 1 unspecified atom stereocenters. The van der Waals surface area contributed by atoms with Crippen LogP contribution in [0.15, 0.2) is 0 Å². The topological polar surface area (TPSA) is 52.6 Å². The van der Waals surface area contributed by atoms with E-state index in [-0.39, 0.29) is 0 Å². The number of cyclic esters (lactones) is 3. The van der Waals surface area contributed by atoms with Crippen molar-refractivity contribution in [1.82, 2.24) is 0 Å². The second-order valence-electron chi connectivity index (χ2n) is 1.66. The van der Waals surface area contributed by atoms with E-state index in [1.165, 1.54) is 0 Å². The summed E-state index contributed by atoms with van der Waals surface area (Å²) in [7, 11) is 0. The van der Waals surface area contributed by atoms with Gasteiger partial charge in [-0.05, 0) is 0 Å². The molecule has 9 heavy (non-hydrogen) atoms. The van der Waals surface area contributed by atoms with Crippen LogP contribution in [0.3, 0.4) is 0 Å². The number of esters is 1. The summed E-state index contributed by atoms with van der Waals surface area (Å²) in [5.74, 6) is -3.88. The molecular weight excluding hydrogens is 131 g/mol. The van der Waals surface area contributed by atoms with E-state index in [9.17, 15) is 14.0 Å². The number of rotatable bonds is 0. The van der Waals surface area contributed by atoms with Crippen LogP contribution in [-0.2, 0) is 14.3 Å². The Kier molecular flexibility index (Phi) is 0.952. The summed E-state index contributed by atoms with van der Waals surface area (Å²) >= 11 is 0. The average molecular weight is 134 g/mol. The Balaban J connectivity index is 2.81. The molecule has 1 fully saturated rings. The van der Waals surface area contributed by atoms with E-state index in [1.807, 2.05) is 0 Å². The van der Waals surface area contributed by atoms with E-state index in [4.69, 9.17) is 0 Å². The standard InChI is InChI=1S/C4H3FO4/c1-4(5)2(6)8-3(7)9-4/h1H3. The smallest absolute Gasteiger partial charge is 0.385 e. The predicted molar refractivity (Wildman–Crippen MR) is 22.1 cm³/mol. The van der Waals surface area contributed by atoms with Gasteiger partial charge in [-0.3, -0.25) is 0 Å². The van der Waals surface area contributed by atoms with Crippen molar-refractivity contribution in [3.8, 4) is 0 Å². The van der Waals surface area contributed by atoms with Crippen molar-refractivity contribution in [3.05, 3.63) is 0 Å². The minimum atomic E-state index is -2.59. The number of hydrogen-bond donors (Lipinski definition) is 0. The van der Waals surface area contributed by atoms with Crippen LogP contribution in [0, 0.1) is 0 Å². The SMILES string of the molecule is CC1(F)OC(=O)OC1=O. The number of carbonyl (C=O) groups is 2. The van der Waals surface area contributed by atoms with Crippen molar-refractivity contribution < 1.29 is 23.5 Å². The molecule has 0 N–H and O–H groups in total. The van der Waals surface area contributed by atoms with Gasteiger partial charge in [-0.1, -0.05) is 0 Å². The maximum Gasteiger partial charge on any atom is 0.519 e. The third-order valence-corrected chi connectivity index (χ3v) is 0.816. The highest BCUT2D eigenvalue weighted by molar-refractivity contribution is 5.92. The Bertz CT molecular complexity index is 173. The molecule has 0 saturated carbocycles. The summed E-state index contributed by atoms with van der Waals surface area (Å²) in [4.78, 5) is 20.1. The molecule has 1 rings (SSSR count). The van der Waals surface area contributed by atoms with Crippen LogP contribution in [-0.4, -0.2) is 18.0 Å². The Morgan fingerprint density at radius 1 is 1.56 bits per heavy atom.